The van der Waals surface area contributed by atoms with Gasteiger partial charge < -0.3 is 15.2 Å². The smallest absolute Gasteiger partial charge is 0.225 e. The molecule has 1 aromatic carbocycles. The number of carboxylic acids is 1. The number of aliphatic carboxylic acids is 1. The third-order valence-corrected chi connectivity index (χ3v) is 4.17. The maximum Gasteiger partial charge on any atom is 0.225 e. The SMILES string of the molecule is O=C([O-])CC1(CC(=O)Nc2cc(F)ccc2F)CCCCC1. The number of carbonyl (C=O) groups is 2. The van der Waals surface area contributed by atoms with Crippen LogP contribution in [-0.4, -0.2) is 11.9 Å². The highest BCUT2D eigenvalue weighted by molar-refractivity contribution is 5.91. The second kappa shape index (κ2) is 6.85. The fourth-order valence-corrected chi connectivity index (χ4v) is 3.15. The topological polar surface area (TPSA) is 69.2 Å². The second-order valence-corrected chi connectivity index (χ2v) is 5.96. The molecule has 0 aliphatic heterocycles. The number of carbonyl (C=O) groups excluding carboxylic acids is 2. The van der Waals surface area contributed by atoms with Gasteiger partial charge in [-0.05, 0) is 36.8 Å². The van der Waals surface area contributed by atoms with E-state index in [0.29, 0.717) is 12.8 Å². The molecule has 2 rings (SSSR count). The zero-order chi connectivity index (χ0) is 16.2. The van der Waals surface area contributed by atoms with Crippen LogP contribution in [0.5, 0.6) is 0 Å². The summed E-state index contributed by atoms with van der Waals surface area (Å²) in [7, 11) is 0. The molecule has 4 nitrogen and oxygen atoms in total. The van der Waals surface area contributed by atoms with Gasteiger partial charge in [0.05, 0.1) is 5.69 Å². The van der Waals surface area contributed by atoms with Gasteiger partial charge in [0.1, 0.15) is 11.6 Å². The summed E-state index contributed by atoms with van der Waals surface area (Å²) in [6.07, 6.45) is 3.75. The molecule has 1 amide bonds. The lowest BCUT2D eigenvalue weighted by atomic mass is 9.69. The lowest BCUT2D eigenvalue weighted by molar-refractivity contribution is -0.308. The van der Waals surface area contributed by atoms with Gasteiger partial charge >= 0.3 is 0 Å². The molecule has 0 unspecified atom stereocenters. The van der Waals surface area contributed by atoms with Gasteiger partial charge in [-0.15, -0.1) is 0 Å². The van der Waals surface area contributed by atoms with Gasteiger partial charge in [0.15, 0.2) is 0 Å². The molecule has 1 aliphatic rings. The number of amides is 1. The number of nitrogens with one attached hydrogen (secondary N) is 1. The monoisotopic (exact) mass is 310 g/mol. The van der Waals surface area contributed by atoms with E-state index >= 15 is 0 Å². The Bertz CT molecular complexity index is 569. The molecule has 1 N–H and O–H groups in total. The Labute approximate surface area is 127 Å². The maximum absolute atomic E-state index is 13.5. The molecular weight excluding hydrogens is 292 g/mol. The average molecular weight is 310 g/mol. The molecule has 0 spiro atoms. The predicted molar refractivity (Wildman–Crippen MR) is 74.7 cm³/mol. The van der Waals surface area contributed by atoms with Gasteiger partial charge in [-0.25, -0.2) is 8.78 Å². The molecule has 0 aromatic heterocycles. The Hall–Kier alpha value is -1.98. The first-order chi connectivity index (χ1) is 10.4. The Kier molecular flexibility index (Phi) is 5.11. The van der Waals surface area contributed by atoms with Crippen molar-refractivity contribution in [2.75, 3.05) is 5.32 Å². The first-order valence-electron chi connectivity index (χ1n) is 7.35. The third kappa shape index (κ3) is 4.26. The summed E-state index contributed by atoms with van der Waals surface area (Å²) in [5.74, 6) is -3.08. The zero-order valence-corrected chi connectivity index (χ0v) is 12.2. The van der Waals surface area contributed by atoms with Crippen molar-refractivity contribution >= 4 is 17.6 Å². The molecule has 0 heterocycles. The number of anilines is 1. The van der Waals surface area contributed by atoms with Gasteiger partial charge in [0, 0.05) is 18.5 Å². The molecule has 1 fully saturated rings. The van der Waals surface area contributed by atoms with E-state index in [0.717, 1.165) is 37.5 Å². The zero-order valence-electron chi connectivity index (χ0n) is 12.2. The summed E-state index contributed by atoms with van der Waals surface area (Å²) in [5.41, 5.74) is -0.880. The van der Waals surface area contributed by atoms with Crippen molar-refractivity contribution in [3.8, 4) is 0 Å². The van der Waals surface area contributed by atoms with Crippen molar-refractivity contribution in [3.05, 3.63) is 29.8 Å². The molecule has 1 aliphatic carbocycles. The number of halogens is 2. The van der Waals surface area contributed by atoms with Gasteiger partial charge in [-0.3, -0.25) is 4.79 Å². The van der Waals surface area contributed by atoms with Crippen LogP contribution in [-0.2, 0) is 9.59 Å². The summed E-state index contributed by atoms with van der Waals surface area (Å²) < 4.78 is 26.6. The molecule has 120 valence electrons. The van der Waals surface area contributed by atoms with Crippen molar-refractivity contribution in [1.82, 2.24) is 0 Å². The van der Waals surface area contributed by atoms with E-state index in [9.17, 15) is 23.5 Å². The van der Waals surface area contributed by atoms with E-state index in [-0.39, 0.29) is 18.5 Å². The van der Waals surface area contributed by atoms with Crippen LogP contribution in [0, 0.1) is 17.0 Å². The lowest BCUT2D eigenvalue weighted by Crippen LogP contribution is -2.36. The second-order valence-electron chi connectivity index (χ2n) is 5.96. The van der Waals surface area contributed by atoms with E-state index in [1.165, 1.54) is 0 Å². The Balaban J connectivity index is 2.07. The first kappa shape index (κ1) is 16.4. The van der Waals surface area contributed by atoms with Crippen LogP contribution in [0.1, 0.15) is 44.9 Å². The lowest BCUT2D eigenvalue weighted by Gasteiger charge is -2.37. The van der Waals surface area contributed by atoms with Gasteiger partial charge in [-0.2, -0.15) is 0 Å². The van der Waals surface area contributed by atoms with Crippen molar-refractivity contribution in [2.45, 2.75) is 44.9 Å². The van der Waals surface area contributed by atoms with E-state index in [1.807, 2.05) is 0 Å². The molecule has 0 radical (unpaired) electrons. The fourth-order valence-electron chi connectivity index (χ4n) is 3.15. The molecule has 6 heteroatoms. The van der Waals surface area contributed by atoms with Crippen LogP contribution >= 0.6 is 0 Å². The quantitative estimate of drug-likeness (QED) is 0.908. The van der Waals surface area contributed by atoms with Crippen LogP contribution in [0.15, 0.2) is 18.2 Å². The number of carboxylic acid groups (broad SMARTS) is 1. The minimum atomic E-state index is -1.19. The van der Waals surface area contributed by atoms with Gasteiger partial charge in [0.2, 0.25) is 5.91 Å². The summed E-state index contributed by atoms with van der Waals surface area (Å²) in [6, 6.07) is 2.80. The third-order valence-electron chi connectivity index (χ3n) is 4.17. The van der Waals surface area contributed by atoms with E-state index in [1.54, 1.807) is 0 Å². The number of hydrogen-bond acceptors (Lipinski definition) is 3. The normalized spacial score (nSPS) is 17.0. The van der Waals surface area contributed by atoms with Crippen molar-refractivity contribution in [3.63, 3.8) is 0 Å². The summed E-state index contributed by atoms with van der Waals surface area (Å²) >= 11 is 0. The van der Waals surface area contributed by atoms with Crippen molar-refractivity contribution in [2.24, 2.45) is 5.41 Å². The predicted octanol–water partition coefficient (Wildman–Crippen LogP) is 2.38. The van der Waals surface area contributed by atoms with E-state index in [4.69, 9.17) is 0 Å². The maximum atomic E-state index is 13.5. The van der Waals surface area contributed by atoms with E-state index in [2.05, 4.69) is 5.32 Å². The van der Waals surface area contributed by atoms with Crippen LogP contribution in [0.25, 0.3) is 0 Å². The van der Waals surface area contributed by atoms with Crippen LogP contribution in [0.2, 0.25) is 0 Å². The van der Waals surface area contributed by atoms with Crippen LogP contribution in [0.3, 0.4) is 0 Å². The number of benzene rings is 1. The molecule has 0 bridgehead atoms. The van der Waals surface area contributed by atoms with Gasteiger partial charge in [-0.1, -0.05) is 19.3 Å². The number of rotatable bonds is 5. The standard InChI is InChI=1S/C16H19F2NO3/c17-11-4-5-12(18)13(8-11)19-14(20)9-16(10-15(21)22)6-2-1-3-7-16/h4-5,8H,1-3,6-7,9-10H2,(H,19,20)(H,21,22)/p-1. The summed E-state index contributed by atoms with van der Waals surface area (Å²) in [6.45, 7) is 0. The molecule has 0 saturated heterocycles. The molecule has 0 atom stereocenters. The summed E-state index contributed by atoms with van der Waals surface area (Å²) in [4.78, 5) is 23.1. The Morgan fingerprint density at radius 2 is 1.82 bits per heavy atom. The molecular formula is C16H18F2NO3-. The van der Waals surface area contributed by atoms with Crippen LogP contribution in [0.4, 0.5) is 14.5 Å². The van der Waals surface area contributed by atoms with Crippen molar-refractivity contribution < 1.29 is 23.5 Å². The van der Waals surface area contributed by atoms with Crippen molar-refractivity contribution in [1.29, 1.82) is 0 Å². The van der Waals surface area contributed by atoms with Gasteiger partial charge in [0.25, 0.3) is 0 Å². The highest BCUT2D eigenvalue weighted by atomic mass is 19.1. The summed E-state index contributed by atoms with van der Waals surface area (Å²) in [5, 5.41) is 13.3. The van der Waals surface area contributed by atoms with E-state index < -0.39 is 28.9 Å². The minimum absolute atomic E-state index is 0.0308. The highest BCUT2D eigenvalue weighted by Gasteiger charge is 2.34. The minimum Gasteiger partial charge on any atom is -0.550 e. The highest BCUT2D eigenvalue weighted by Crippen LogP contribution is 2.42. The largest absolute Gasteiger partial charge is 0.550 e. The Morgan fingerprint density at radius 1 is 1.14 bits per heavy atom. The Morgan fingerprint density at radius 3 is 2.45 bits per heavy atom. The average Bonchev–Trinajstić information content (AvgIpc) is 2.42. The molecule has 1 aromatic rings. The number of hydrogen-bond donors (Lipinski definition) is 1. The molecule has 1 saturated carbocycles. The fraction of sp³-hybridized carbons (Fsp3) is 0.500. The molecule has 22 heavy (non-hydrogen) atoms. The first-order valence-corrected chi connectivity index (χ1v) is 7.35. The van der Waals surface area contributed by atoms with Crippen LogP contribution < -0.4 is 10.4 Å².